The molecule has 0 aliphatic rings. The van der Waals surface area contributed by atoms with E-state index < -0.39 is 0 Å². The fraction of sp³-hybridized carbons (Fsp3) is 0.611. The Balaban J connectivity index is 2.68. The first kappa shape index (κ1) is 19.2. The standard InChI is InChI=1S/C18H29BrN2O/c1-13(2)16(14-7-9-15(19)10-8-14)11-17(22)20-12-18(3,4)21(5)6/h7-10,13,16H,11-12H2,1-6H3,(H,20,22). The van der Waals surface area contributed by atoms with Gasteiger partial charge in [-0.25, -0.2) is 0 Å². The molecule has 0 bridgehead atoms. The van der Waals surface area contributed by atoms with Crippen molar-refractivity contribution in [1.29, 1.82) is 0 Å². The van der Waals surface area contributed by atoms with E-state index in [4.69, 9.17) is 0 Å². The lowest BCUT2D eigenvalue weighted by molar-refractivity contribution is -0.122. The molecule has 0 saturated heterocycles. The van der Waals surface area contributed by atoms with E-state index in [0.717, 1.165) is 4.47 Å². The molecule has 0 fully saturated rings. The Hall–Kier alpha value is -0.870. The predicted octanol–water partition coefficient (Wildman–Crippen LogP) is 4.04. The molecule has 0 aliphatic heterocycles. The van der Waals surface area contributed by atoms with Crippen molar-refractivity contribution in [3.8, 4) is 0 Å². The lowest BCUT2D eigenvalue weighted by Crippen LogP contribution is -2.48. The Morgan fingerprint density at radius 2 is 1.77 bits per heavy atom. The first-order valence-electron chi connectivity index (χ1n) is 7.83. The normalized spacial score (nSPS) is 13.5. The molecule has 0 aliphatic carbocycles. The van der Waals surface area contributed by atoms with Crippen LogP contribution >= 0.6 is 15.9 Å². The van der Waals surface area contributed by atoms with Crippen LogP contribution in [0.4, 0.5) is 0 Å². The van der Waals surface area contributed by atoms with Crippen molar-refractivity contribution in [3.05, 3.63) is 34.3 Å². The number of carbonyl (C=O) groups excluding carboxylic acids is 1. The van der Waals surface area contributed by atoms with Gasteiger partial charge in [0.2, 0.25) is 5.91 Å². The molecule has 1 atom stereocenters. The zero-order chi connectivity index (χ0) is 16.9. The highest BCUT2D eigenvalue weighted by molar-refractivity contribution is 9.10. The molecule has 124 valence electrons. The maximum atomic E-state index is 12.3. The highest BCUT2D eigenvalue weighted by Gasteiger charge is 2.23. The Labute approximate surface area is 143 Å². The Bertz CT molecular complexity index is 480. The first-order chi connectivity index (χ1) is 10.1. The zero-order valence-corrected chi connectivity index (χ0v) is 16.2. The number of rotatable bonds is 7. The summed E-state index contributed by atoms with van der Waals surface area (Å²) >= 11 is 3.46. The number of nitrogens with zero attached hydrogens (tertiary/aromatic N) is 1. The van der Waals surface area contributed by atoms with Crippen molar-refractivity contribution in [3.63, 3.8) is 0 Å². The van der Waals surface area contributed by atoms with Gasteiger partial charge in [0.05, 0.1) is 0 Å². The van der Waals surface area contributed by atoms with Gasteiger partial charge >= 0.3 is 0 Å². The van der Waals surface area contributed by atoms with Gasteiger partial charge < -0.3 is 10.2 Å². The molecule has 0 radical (unpaired) electrons. The minimum absolute atomic E-state index is 0.0411. The van der Waals surface area contributed by atoms with Crippen LogP contribution in [0.3, 0.4) is 0 Å². The van der Waals surface area contributed by atoms with Crippen LogP contribution in [-0.2, 0) is 4.79 Å². The molecule has 3 nitrogen and oxygen atoms in total. The van der Waals surface area contributed by atoms with Crippen LogP contribution in [0.2, 0.25) is 0 Å². The summed E-state index contributed by atoms with van der Waals surface area (Å²) in [6.07, 6.45) is 0.531. The maximum absolute atomic E-state index is 12.3. The summed E-state index contributed by atoms with van der Waals surface area (Å²) in [5.41, 5.74) is 1.18. The molecule has 1 amide bonds. The molecule has 0 heterocycles. The van der Waals surface area contributed by atoms with E-state index in [1.165, 1.54) is 5.56 Å². The molecule has 1 N–H and O–H groups in total. The summed E-state index contributed by atoms with van der Waals surface area (Å²) in [6.45, 7) is 9.25. The summed E-state index contributed by atoms with van der Waals surface area (Å²) < 4.78 is 1.07. The van der Waals surface area contributed by atoms with Crippen LogP contribution in [0.1, 0.15) is 45.6 Å². The van der Waals surface area contributed by atoms with Gasteiger partial charge in [-0.15, -0.1) is 0 Å². The van der Waals surface area contributed by atoms with Crippen molar-refractivity contribution >= 4 is 21.8 Å². The average molecular weight is 369 g/mol. The second-order valence-corrected chi connectivity index (χ2v) is 8.01. The maximum Gasteiger partial charge on any atom is 0.220 e. The minimum Gasteiger partial charge on any atom is -0.354 e. The highest BCUT2D eigenvalue weighted by atomic mass is 79.9. The van der Waals surface area contributed by atoms with Gasteiger partial charge in [-0.1, -0.05) is 41.9 Å². The number of likely N-dealkylation sites (N-methyl/N-ethyl adjacent to an activating group) is 1. The van der Waals surface area contributed by atoms with Crippen molar-refractivity contribution in [2.75, 3.05) is 20.6 Å². The van der Waals surface area contributed by atoms with Gasteiger partial charge in [0.15, 0.2) is 0 Å². The van der Waals surface area contributed by atoms with Gasteiger partial charge in [-0.2, -0.15) is 0 Å². The van der Waals surface area contributed by atoms with Crippen LogP contribution in [0.25, 0.3) is 0 Å². The molecule has 1 unspecified atom stereocenters. The second-order valence-electron chi connectivity index (χ2n) is 7.09. The number of carbonyl (C=O) groups is 1. The molecule has 1 aromatic carbocycles. The second kappa shape index (κ2) is 8.11. The van der Waals surface area contributed by atoms with E-state index in [0.29, 0.717) is 18.9 Å². The van der Waals surface area contributed by atoms with E-state index in [9.17, 15) is 4.79 Å². The van der Waals surface area contributed by atoms with Crippen LogP contribution in [-0.4, -0.2) is 37.0 Å². The third-order valence-corrected chi connectivity index (χ3v) is 4.97. The minimum atomic E-state index is -0.0411. The fourth-order valence-corrected chi connectivity index (χ4v) is 2.46. The van der Waals surface area contributed by atoms with E-state index >= 15 is 0 Å². The Morgan fingerprint density at radius 1 is 1.23 bits per heavy atom. The molecular weight excluding hydrogens is 340 g/mol. The molecule has 0 saturated carbocycles. The number of hydrogen-bond acceptors (Lipinski definition) is 2. The molecule has 0 aromatic heterocycles. The quantitative estimate of drug-likeness (QED) is 0.787. The SMILES string of the molecule is CC(C)C(CC(=O)NCC(C)(C)N(C)C)c1ccc(Br)cc1. The van der Waals surface area contributed by atoms with E-state index in [-0.39, 0.29) is 17.4 Å². The molecule has 0 spiro atoms. The van der Waals surface area contributed by atoms with Gasteiger partial charge in [-0.3, -0.25) is 4.79 Å². The van der Waals surface area contributed by atoms with E-state index in [2.05, 4.69) is 66.0 Å². The zero-order valence-electron chi connectivity index (χ0n) is 14.6. The van der Waals surface area contributed by atoms with Gasteiger partial charge in [0.25, 0.3) is 0 Å². The van der Waals surface area contributed by atoms with Gasteiger partial charge in [-0.05, 0) is 57.5 Å². The third-order valence-electron chi connectivity index (χ3n) is 4.44. The number of hydrogen-bond donors (Lipinski definition) is 1. The molecule has 4 heteroatoms. The van der Waals surface area contributed by atoms with Crippen molar-refractivity contribution in [1.82, 2.24) is 10.2 Å². The van der Waals surface area contributed by atoms with Crippen molar-refractivity contribution < 1.29 is 4.79 Å². The molecule has 1 rings (SSSR count). The van der Waals surface area contributed by atoms with Crippen LogP contribution in [0.5, 0.6) is 0 Å². The smallest absolute Gasteiger partial charge is 0.220 e. The number of benzene rings is 1. The van der Waals surface area contributed by atoms with E-state index in [1.54, 1.807) is 0 Å². The third kappa shape index (κ3) is 5.73. The monoisotopic (exact) mass is 368 g/mol. The van der Waals surface area contributed by atoms with E-state index in [1.807, 2.05) is 26.2 Å². The largest absolute Gasteiger partial charge is 0.354 e. The summed E-state index contributed by atoms with van der Waals surface area (Å²) in [6, 6.07) is 8.28. The summed E-state index contributed by atoms with van der Waals surface area (Å²) in [5.74, 6) is 0.792. The Morgan fingerprint density at radius 3 is 2.23 bits per heavy atom. The van der Waals surface area contributed by atoms with Crippen molar-refractivity contribution in [2.45, 2.75) is 45.6 Å². The topological polar surface area (TPSA) is 32.3 Å². The molecule has 22 heavy (non-hydrogen) atoms. The van der Waals surface area contributed by atoms with Crippen molar-refractivity contribution in [2.24, 2.45) is 5.92 Å². The highest BCUT2D eigenvalue weighted by Crippen LogP contribution is 2.29. The van der Waals surface area contributed by atoms with Crippen LogP contribution in [0.15, 0.2) is 28.7 Å². The number of nitrogens with one attached hydrogen (secondary N) is 1. The lowest BCUT2D eigenvalue weighted by atomic mass is 9.85. The molecule has 1 aromatic rings. The Kier molecular flexibility index (Phi) is 7.07. The van der Waals surface area contributed by atoms with Gasteiger partial charge in [0, 0.05) is 23.0 Å². The summed E-state index contributed by atoms with van der Waals surface area (Å²) in [7, 11) is 4.07. The summed E-state index contributed by atoms with van der Waals surface area (Å²) in [5, 5.41) is 3.08. The average Bonchev–Trinajstić information content (AvgIpc) is 2.43. The number of halogens is 1. The van der Waals surface area contributed by atoms with Gasteiger partial charge in [0.1, 0.15) is 0 Å². The first-order valence-corrected chi connectivity index (χ1v) is 8.62. The summed E-state index contributed by atoms with van der Waals surface area (Å²) in [4.78, 5) is 14.5. The lowest BCUT2D eigenvalue weighted by Gasteiger charge is -2.33. The molecular formula is C18H29BrN2O. The predicted molar refractivity (Wildman–Crippen MR) is 97.1 cm³/mol. The van der Waals surface area contributed by atoms with Crippen LogP contribution in [0, 0.1) is 5.92 Å². The fourth-order valence-electron chi connectivity index (χ4n) is 2.19. The number of amides is 1. The van der Waals surface area contributed by atoms with Crippen LogP contribution < -0.4 is 5.32 Å².